The van der Waals surface area contributed by atoms with E-state index in [4.69, 9.17) is 0 Å². The van der Waals surface area contributed by atoms with Crippen LogP contribution in [0.3, 0.4) is 0 Å². The van der Waals surface area contributed by atoms with E-state index in [1.165, 1.54) is 18.4 Å². The zero-order valence-electron chi connectivity index (χ0n) is 10.8. The van der Waals surface area contributed by atoms with Gasteiger partial charge in [0.05, 0.1) is 0 Å². The molecule has 1 unspecified atom stereocenters. The van der Waals surface area contributed by atoms with Gasteiger partial charge in [0.15, 0.2) is 0 Å². The quantitative estimate of drug-likeness (QED) is 0.799. The van der Waals surface area contributed by atoms with Crippen LogP contribution in [0.5, 0.6) is 0 Å². The largest absolute Gasteiger partial charge is 0.362 e. The van der Waals surface area contributed by atoms with Crippen molar-refractivity contribution < 1.29 is 0 Å². The molecule has 0 amide bonds. The van der Waals surface area contributed by atoms with Gasteiger partial charge in [0.1, 0.15) is 5.82 Å². The molecule has 90 valence electrons. The van der Waals surface area contributed by atoms with Crippen LogP contribution in [0.4, 0.5) is 5.82 Å². The summed E-state index contributed by atoms with van der Waals surface area (Å²) in [5.74, 6) is 1.05. The summed E-state index contributed by atoms with van der Waals surface area (Å²) in [6.07, 6.45) is 4.29. The highest BCUT2D eigenvalue weighted by atomic mass is 15.1. The first-order chi connectivity index (χ1) is 7.65. The van der Waals surface area contributed by atoms with E-state index in [-0.39, 0.29) is 0 Å². The third-order valence-corrected chi connectivity index (χ3v) is 2.65. The lowest BCUT2D eigenvalue weighted by Gasteiger charge is -2.18. The van der Waals surface area contributed by atoms with Crippen molar-refractivity contribution in [3.63, 3.8) is 0 Å². The van der Waals surface area contributed by atoms with Crippen LogP contribution in [0.25, 0.3) is 0 Å². The molecule has 0 fully saturated rings. The number of nitrogens with one attached hydrogen (secondary N) is 1. The van der Waals surface area contributed by atoms with Gasteiger partial charge in [-0.25, -0.2) is 4.98 Å². The lowest BCUT2D eigenvalue weighted by atomic mass is 10.2. The Balaban J connectivity index is 2.59. The second-order valence-electron chi connectivity index (χ2n) is 4.45. The molecule has 0 aromatic carbocycles. The van der Waals surface area contributed by atoms with Crippen molar-refractivity contribution in [2.24, 2.45) is 0 Å². The van der Waals surface area contributed by atoms with E-state index in [0.717, 1.165) is 12.4 Å². The van der Waals surface area contributed by atoms with E-state index >= 15 is 0 Å². The number of rotatable bonds is 6. The summed E-state index contributed by atoms with van der Waals surface area (Å²) in [5, 5.41) is 3.53. The fourth-order valence-electron chi connectivity index (χ4n) is 1.79. The normalized spacial score (nSPS) is 12.5. The highest BCUT2D eigenvalue weighted by Gasteiger charge is 2.06. The Hall–Kier alpha value is -1.09. The van der Waals surface area contributed by atoms with Crippen LogP contribution in [-0.2, 0) is 6.54 Å². The summed E-state index contributed by atoms with van der Waals surface area (Å²) in [7, 11) is 4.06. The van der Waals surface area contributed by atoms with Crippen LogP contribution in [0.1, 0.15) is 32.3 Å². The maximum Gasteiger partial charge on any atom is 0.132 e. The molecule has 0 radical (unpaired) electrons. The van der Waals surface area contributed by atoms with Crippen molar-refractivity contribution in [2.45, 2.75) is 39.3 Å². The average molecular weight is 221 g/mol. The van der Waals surface area contributed by atoms with Crippen molar-refractivity contribution in [1.29, 1.82) is 0 Å². The maximum atomic E-state index is 4.39. The second kappa shape index (κ2) is 6.48. The molecule has 1 aromatic heterocycles. The number of anilines is 1. The number of hydrogen-bond donors (Lipinski definition) is 1. The van der Waals surface area contributed by atoms with Gasteiger partial charge in [0.2, 0.25) is 0 Å². The molecule has 1 heterocycles. The molecular weight excluding hydrogens is 198 g/mol. The fourth-order valence-corrected chi connectivity index (χ4v) is 1.79. The molecule has 1 rings (SSSR count). The topological polar surface area (TPSA) is 28.2 Å². The lowest BCUT2D eigenvalue weighted by Crippen LogP contribution is -2.26. The van der Waals surface area contributed by atoms with E-state index in [1.54, 1.807) is 0 Å². The number of hydrogen-bond acceptors (Lipinski definition) is 3. The zero-order valence-corrected chi connectivity index (χ0v) is 10.8. The van der Waals surface area contributed by atoms with Gasteiger partial charge in [0.25, 0.3) is 0 Å². The molecule has 16 heavy (non-hydrogen) atoms. The van der Waals surface area contributed by atoms with Crippen LogP contribution in [0.2, 0.25) is 0 Å². The van der Waals surface area contributed by atoms with Crippen molar-refractivity contribution in [3.8, 4) is 0 Å². The molecule has 3 heteroatoms. The summed E-state index contributed by atoms with van der Waals surface area (Å²) in [6.45, 7) is 5.34. The van der Waals surface area contributed by atoms with Gasteiger partial charge < -0.3 is 10.2 Å². The predicted octanol–water partition coefficient (Wildman–Crippen LogP) is 2.43. The molecule has 1 atom stereocenters. The first kappa shape index (κ1) is 13.0. The number of nitrogens with zero attached hydrogens (tertiary/aromatic N) is 2. The van der Waals surface area contributed by atoms with Crippen LogP contribution in [0.15, 0.2) is 18.3 Å². The molecule has 0 aliphatic carbocycles. The lowest BCUT2D eigenvalue weighted by molar-refractivity contribution is 0.508. The molecule has 0 spiro atoms. The molecule has 1 N–H and O–H groups in total. The molecule has 1 aromatic rings. The molecular formula is C13H23N3. The highest BCUT2D eigenvalue weighted by molar-refractivity contribution is 5.44. The summed E-state index contributed by atoms with van der Waals surface area (Å²) >= 11 is 0. The van der Waals surface area contributed by atoms with Gasteiger partial charge in [-0.05, 0) is 19.4 Å². The Kier molecular flexibility index (Phi) is 5.26. The van der Waals surface area contributed by atoms with Crippen molar-refractivity contribution in [3.05, 3.63) is 23.9 Å². The van der Waals surface area contributed by atoms with Gasteiger partial charge in [-0.3, -0.25) is 0 Å². The smallest absolute Gasteiger partial charge is 0.132 e. The Bertz CT molecular complexity index is 310. The third kappa shape index (κ3) is 3.81. The Morgan fingerprint density at radius 2 is 2.19 bits per heavy atom. The molecule has 0 bridgehead atoms. The first-order valence-electron chi connectivity index (χ1n) is 5.99. The minimum Gasteiger partial charge on any atom is -0.362 e. The highest BCUT2D eigenvalue weighted by Crippen LogP contribution is 2.14. The van der Waals surface area contributed by atoms with E-state index in [0.29, 0.717) is 6.04 Å². The van der Waals surface area contributed by atoms with E-state index in [2.05, 4.69) is 35.1 Å². The van der Waals surface area contributed by atoms with Gasteiger partial charge in [-0.1, -0.05) is 19.4 Å². The Morgan fingerprint density at radius 3 is 2.81 bits per heavy atom. The molecule has 3 nitrogen and oxygen atoms in total. The SMILES string of the molecule is CCCC(C)NCc1cccnc1N(C)C. The Labute approximate surface area is 98.9 Å². The van der Waals surface area contributed by atoms with Gasteiger partial charge in [0, 0.05) is 38.4 Å². The standard InChI is InChI=1S/C13H23N3/c1-5-7-11(2)15-10-12-8-6-9-14-13(12)16(3)4/h6,8-9,11,15H,5,7,10H2,1-4H3. The van der Waals surface area contributed by atoms with Crippen LogP contribution < -0.4 is 10.2 Å². The van der Waals surface area contributed by atoms with Crippen LogP contribution >= 0.6 is 0 Å². The summed E-state index contributed by atoms with van der Waals surface area (Å²) < 4.78 is 0. The van der Waals surface area contributed by atoms with E-state index in [1.807, 2.05) is 26.4 Å². The number of pyridine rings is 1. The van der Waals surface area contributed by atoms with Crippen molar-refractivity contribution >= 4 is 5.82 Å². The van der Waals surface area contributed by atoms with E-state index < -0.39 is 0 Å². The number of aromatic nitrogens is 1. The maximum absolute atomic E-state index is 4.39. The second-order valence-corrected chi connectivity index (χ2v) is 4.45. The van der Waals surface area contributed by atoms with Crippen LogP contribution in [0, 0.1) is 0 Å². The fraction of sp³-hybridized carbons (Fsp3) is 0.615. The van der Waals surface area contributed by atoms with Gasteiger partial charge >= 0.3 is 0 Å². The first-order valence-corrected chi connectivity index (χ1v) is 5.99. The molecule has 0 aliphatic rings. The average Bonchev–Trinajstić information content (AvgIpc) is 2.27. The van der Waals surface area contributed by atoms with Crippen molar-refractivity contribution in [1.82, 2.24) is 10.3 Å². The van der Waals surface area contributed by atoms with Crippen molar-refractivity contribution in [2.75, 3.05) is 19.0 Å². The Morgan fingerprint density at radius 1 is 1.44 bits per heavy atom. The van der Waals surface area contributed by atoms with Crippen LogP contribution in [-0.4, -0.2) is 25.1 Å². The molecule has 0 saturated heterocycles. The minimum atomic E-state index is 0.570. The minimum absolute atomic E-state index is 0.570. The monoisotopic (exact) mass is 221 g/mol. The summed E-state index contributed by atoms with van der Waals surface area (Å²) in [5.41, 5.74) is 1.26. The molecule has 0 aliphatic heterocycles. The zero-order chi connectivity index (χ0) is 12.0. The summed E-state index contributed by atoms with van der Waals surface area (Å²) in [4.78, 5) is 6.45. The van der Waals surface area contributed by atoms with Gasteiger partial charge in [-0.15, -0.1) is 0 Å². The third-order valence-electron chi connectivity index (χ3n) is 2.65. The molecule has 0 saturated carbocycles. The summed E-state index contributed by atoms with van der Waals surface area (Å²) in [6, 6.07) is 4.70. The van der Waals surface area contributed by atoms with Gasteiger partial charge in [-0.2, -0.15) is 0 Å². The van der Waals surface area contributed by atoms with E-state index in [9.17, 15) is 0 Å². The predicted molar refractivity (Wildman–Crippen MR) is 69.8 cm³/mol.